The molecule has 0 saturated carbocycles. The van der Waals surface area contributed by atoms with E-state index >= 15 is 0 Å². The van der Waals surface area contributed by atoms with Gasteiger partial charge in [0.1, 0.15) is 5.92 Å². The topological polar surface area (TPSA) is 92.4 Å². The molecule has 0 saturated heterocycles. The molecule has 1 amide bonds. The predicted octanol–water partition coefficient (Wildman–Crippen LogP) is 2.15. The van der Waals surface area contributed by atoms with Gasteiger partial charge in [-0.3, -0.25) is 9.59 Å². The maximum absolute atomic E-state index is 12.1. The maximum Gasteiger partial charge on any atom is 0.316 e. The van der Waals surface area contributed by atoms with Crippen molar-refractivity contribution in [3.63, 3.8) is 0 Å². The Bertz CT molecular complexity index is 641. The summed E-state index contributed by atoms with van der Waals surface area (Å²) in [6.45, 7) is 0. The number of nitrogens with one attached hydrogen (secondary N) is 1. The van der Waals surface area contributed by atoms with E-state index in [0.29, 0.717) is 11.4 Å². The Hall–Kier alpha value is -2.82. The Morgan fingerprint density at radius 1 is 1.10 bits per heavy atom. The molecule has 0 aliphatic carbocycles. The average molecular weight is 284 g/mol. The second-order valence-corrected chi connectivity index (χ2v) is 4.70. The number of anilines is 2. The Morgan fingerprint density at radius 2 is 1.81 bits per heavy atom. The Kier molecular flexibility index (Phi) is 4.56. The van der Waals surface area contributed by atoms with E-state index in [9.17, 15) is 14.7 Å². The minimum Gasteiger partial charge on any atom is -0.481 e. The van der Waals surface area contributed by atoms with Crippen LogP contribution in [-0.4, -0.2) is 17.0 Å². The molecular formula is C16H16N2O3. The second kappa shape index (κ2) is 6.56. The molecule has 0 heterocycles. The molecule has 2 aromatic carbocycles. The summed E-state index contributed by atoms with van der Waals surface area (Å²) in [6, 6.07) is 15.7. The molecule has 21 heavy (non-hydrogen) atoms. The molecule has 0 spiro atoms. The van der Waals surface area contributed by atoms with Crippen LogP contribution in [0.5, 0.6) is 0 Å². The number of nitrogen functional groups attached to an aromatic ring is 1. The summed E-state index contributed by atoms with van der Waals surface area (Å²) in [6.07, 6.45) is 0.143. The van der Waals surface area contributed by atoms with E-state index in [1.54, 1.807) is 36.4 Å². The summed E-state index contributed by atoms with van der Waals surface area (Å²) in [5.74, 6) is -2.86. The fourth-order valence-electron chi connectivity index (χ4n) is 1.99. The van der Waals surface area contributed by atoms with E-state index in [0.717, 1.165) is 5.56 Å². The second-order valence-electron chi connectivity index (χ2n) is 4.70. The molecular weight excluding hydrogens is 268 g/mol. The number of carbonyl (C=O) groups excluding carboxylic acids is 1. The molecule has 0 fully saturated rings. The van der Waals surface area contributed by atoms with Crippen LogP contribution in [0.2, 0.25) is 0 Å². The number of carboxylic acids is 1. The third-order valence-electron chi connectivity index (χ3n) is 3.05. The molecule has 0 aromatic heterocycles. The van der Waals surface area contributed by atoms with E-state index in [1.165, 1.54) is 0 Å². The molecule has 5 nitrogen and oxygen atoms in total. The SMILES string of the molecule is Nc1cccc(NC(=O)C(Cc2ccccc2)C(=O)O)c1. The van der Waals surface area contributed by atoms with Gasteiger partial charge in [0, 0.05) is 11.4 Å². The number of carboxylic acid groups (broad SMARTS) is 1. The van der Waals surface area contributed by atoms with Gasteiger partial charge in [0.05, 0.1) is 0 Å². The van der Waals surface area contributed by atoms with E-state index in [1.807, 2.05) is 18.2 Å². The molecule has 0 aliphatic rings. The smallest absolute Gasteiger partial charge is 0.316 e. The van der Waals surface area contributed by atoms with Gasteiger partial charge in [0.15, 0.2) is 0 Å². The standard InChI is InChI=1S/C16H16N2O3/c17-12-7-4-8-13(10-12)18-15(19)14(16(20)21)9-11-5-2-1-3-6-11/h1-8,10,14H,9,17H2,(H,18,19)(H,20,21). The highest BCUT2D eigenvalue weighted by molar-refractivity contribution is 6.04. The summed E-state index contributed by atoms with van der Waals surface area (Å²) in [5.41, 5.74) is 7.41. The first-order valence-corrected chi connectivity index (χ1v) is 6.49. The molecule has 108 valence electrons. The van der Waals surface area contributed by atoms with Crippen LogP contribution in [0, 0.1) is 5.92 Å². The van der Waals surface area contributed by atoms with E-state index < -0.39 is 17.8 Å². The summed E-state index contributed by atoms with van der Waals surface area (Å²) in [4.78, 5) is 23.5. The number of amides is 1. The van der Waals surface area contributed by atoms with Crippen LogP contribution in [0.15, 0.2) is 54.6 Å². The Balaban J connectivity index is 2.11. The Labute approximate surface area is 122 Å². The lowest BCUT2D eigenvalue weighted by Crippen LogP contribution is -2.31. The summed E-state index contributed by atoms with van der Waals surface area (Å²) in [7, 11) is 0. The quantitative estimate of drug-likeness (QED) is 0.579. The highest BCUT2D eigenvalue weighted by atomic mass is 16.4. The van der Waals surface area contributed by atoms with Crippen molar-refractivity contribution in [2.45, 2.75) is 6.42 Å². The minimum absolute atomic E-state index is 0.143. The molecule has 0 radical (unpaired) electrons. The number of benzene rings is 2. The minimum atomic E-state index is -1.15. The van der Waals surface area contributed by atoms with Crippen molar-refractivity contribution in [3.05, 3.63) is 60.2 Å². The van der Waals surface area contributed by atoms with Gasteiger partial charge >= 0.3 is 5.97 Å². The first kappa shape index (κ1) is 14.6. The number of hydrogen-bond acceptors (Lipinski definition) is 3. The number of carbonyl (C=O) groups is 2. The van der Waals surface area contributed by atoms with Crippen molar-refractivity contribution in [1.82, 2.24) is 0 Å². The number of hydrogen-bond donors (Lipinski definition) is 3. The van der Waals surface area contributed by atoms with Crippen LogP contribution >= 0.6 is 0 Å². The van der Waals surface area contributed by atoms with E-state index in [-0.39, 0.29) is 6.42 Å². The first-order valence-electron chi connectivity index (χ1n) is 6.49. The van der Waals surface area contributed by atoms with Gasteiger partial charge < -0.3 is 16.2 Å². The van der Waals surface area contributed by atoms with Crippen LogP contribution in [0.3, 0.4) is 0 Å². The lowest BCUT2D eigenvalue weighted by molar-refractivity contribution is -0.145. The van der Waals surface area contributed by atoms with E-state index in [2.05, 4.69) is 5.32 Å². The van der Waals surface area contributed by atoms with Gasteiger partial charge in [-0.05, 0) is 30.2 Å². The molecule has 0 bridgehead atoms. The third-order valence-corrected chi connectivity index (χ3v) is 3.05. The van der Waals surface area contributed by atoms with Crippen molar-refractivity contribution in [1.29, 1.82) is 0 Å². The summed E-state index contributed by atoms with van der Waals surface area (Å²) < 4.78 is 0. The molecule has 2 rings (SSSR count). The van der Waals surface area contributed by atoms with Crippen LogP contribution in [0.25, 0.3) is 0 Å². The van der Waals surface area contributed by atoms with E-state index in [4.69, 9.17) is 5.73 Å². The number of aliphatic carboxylic acids is 1. The molecule has 4 N–H and O–H groups in total. The average Bonchev–Trinajstić information content (AvgIpc) is 2.45. The van der Waals surface area contributed by atoms with Gasteiger partial charge in [-0.2, -0.15) is 0 Å². The summed E-state index contributed by atoms with van der Waals surface area (Å²) in [5, 5.41) is 11.8. The fourth-order valence-corrected chi connectivity index (χ4v) is 1.99. The summed E-state index contributed by atoms with van der Waals surface area (Å²) >= 11 is 0. The molecule has 0 aliphatic heterocycles. The zero-order valence-corrected chi connectivity index (χ0v) is 11.3. The molecule has 5 heteroatoms. The number of nitrogens with two attached hydrogens (primary N) is 1. The van der Waals surface area contributed by atoms with Crippen LogP contribution < -0.4 is 11.1 Å². The lowest BCUT2D eigenvalue weighted by Gasteiger charge is -2.13. The van der Waals surface area contributed by atoms with Crippen molar-refractivity contribution in [2.24, 2.45) is 5.92 Å². The number of rotatable bonds is 5. The largest absolute Gasteiger partial charge is 0.481 e. The van der Waals surface area contributed by atoms with Gasteiger partial charge in [-0.25, -0.2) is 0 Å². The normalized spacial score (nSPS) is 11.6. The lowest BCUT2D eigenvalue weighted by atomic mass is 9.98. The van der Waals surface area contributed by atoms with Crippen LogP contribution in [0.1, 0.15) is 5.56 Å². The molecule has 2 aromatic rings. The van der Waals surface area contributed by atoms with Gasteiger partial charge in [0.2, 0.25) is 5.91 Å². The monoisotopic (exact) mass is 284 g/mol. The predicted molar refractivity (Wildman–Crippen MR) is 80.8 cm³/mol. The molecule has 1 unspecified atom stereocenters. The first-order chi connectivity index (χ1) is 10.1. The zero-order chi connectivity index (χ0) is 15.2. The van der Waals surface area contributed by atoms with Crippen LogP contribution in [0.4, 0.5) is 11.4 Å². The third kappa shape index (κ3) is 4.07. The van der Waals surface area contributed by atoms with Gasteiger partial charge in [0.25, 0.3) is 0 Å². The Morgan fingerprint density at radius 3 is 2.43 bits per heavy atom. The van der Waals surface area contributed by atoms with Crippen molar-refractivity contribution >= 4 is 23.3 Å². The van der Waals surface area contributed by atoms with Gasteiger partial charge in [-0.15, -0.1) is 0 Å². The molecule has 1 atom stereocenters. The van der Waals surface area contributed by atoms with Gasteiger partial charge in [-0.1, -0.05) is 36.4 Å². The maximum atomic E-state index is 12.1. The van der Waals surface area contributed by atoms with Crippen molar-refractivity contribution in [3.8, 4) is 0 Å². The van der Waals surface area contributed by atoms with Crippen LogP contribution in [-0.2, 0) is 16.0 Å². The highest BCUT2D eigenvalue weighted by Gasteiger charge is 2.26. The zero-order valence-electron chi connectivity index (χ0n) is 11.3. The van der Waals surface area contributed by atoms with Crippen molar-refractivity contribution < 1.29 is 14.7 Å². The van der Waals surface area contributed by atoms with Crippen molar-refractivity contribution in [2.75, 3.05) is 11.1 Å². The highest BCUT2D eigenvalue weighted by Crippen LogP contribution is 2.15. The fraction of sp³-hybridized carbons (Fsp3) is 0.125.